The van der Waals surface area contributed by atoms with Gasteiger partial charge in [-0.1, -0.05) is 11.6 Å². The molecule has 1 aromatic heterocycles. The number of nitrogens with zero attached hydrogens (tertiary/aromatic N) is 3. The highest BCUT2D eigenvalue weighted by atomic mass is 35.5. The molecule has 1 aromatic rings. The Morgan fingerprint density at radius 2 is 2.39 bits per heavy atom. The number of hydrogen-bond acceptors (Lipinski definition) is 5. The second-order valence-electron chi connectivity index (χ2n) is 6.30. The molecule has 0 radical (unpaired) electrons. The van der Waals surface area contributed by atoms with E-state index < -0.39 is 0 Å². The molecule has 1 fully saturated rings. The highest BCUT2D eigenvalue weighted by Gasteiger charge is 2.29. The second-order valence-corrected chi connectivity index (χ2v) is 6.71. The molecule has 1 amide bonds. The summed E-state index contributed by atoms with van der Waals surface area (Å²) in [6, 6.07) is 5.46. The number of aromatic nitrogens is 1. The summed E-state index contributed by atoms with van der Waals surface area (Å²) in [4.78, 5) is 18.1. The predicted octanol–water partition coefficient (Wildman–Crippen LogP) is 2.03. The first-order valence-corrected chi connectivity index (χ1v) is 8.09. The van der Waals surface area contributed by atoms with Crippen molar-refractivity contribution in [3.63, 3.8) is 0 Å². The Kier molecular flexibility index (Phi) is 5.80. The minimum absolute atomic E-state index is 0.0296. The zero-order chi connectivity index (χ0) is 16.9. The summed E-state index contributed by atoms with van der Waals surface area (Å²) in [7, 11) is 0. The van der Waals surface area contributed by atoms with E-state index in [0.29, 0.717) is 23.9 Å². The van der Waals surface area contributed by atoms with Gasteiger partial charge in [0, 0.05) is 24.8 Å². The molecule has 124 valence electrons. The van der Waals surface area contributed by atoms with Gasteiger partial charge >= 0.3 is 0 Å². The fourth-order valence-electron chi connectivity index (χ4n) is 2.50. The summed E-state index contributed by atoms with van der Waals surface area (Å²) < 4.78 is 0. The molecule has 2 N–H and O–H groups in total. The maximum atomic E-state index is 12.2. The molecular formula is C16H22ClN5O. The van der Waals surface area contributed by atoms with Crippen molar-refractivity contribution < 1.29 is 4.79 Å². The fraction of sp³-hybridized carbons (Fsp3) is 0.562. The van der Waals surface area contributed by atoms with E-state index in [1.54, 1.807) is 23.2 Å². The van der Waals surface area contributed by atoms with Crippen LogP contribution in [0.15, 0.2) is 18.3 Å². The van der Waals surface area contributed by atoms with Crippen LogP contribution in [0.2, 0.25) is 5.02 Å². The molecule has 1 aliphatic rings. The molecule has 23 heavy (non-hydrogen) atoms. The first-order valence-electron chi connectivity index (χ1n) is 7.71. The molecule has 2 rings (SSSR count). The van der Waals surface area contributed by atoms with E-state index in [9.17, 15) is 4.79 Å². The second kappa shape index (κ2) is 7.62. The van der Waals surface area contributed by atoms with E-state index in [2.05, 4.69) is 21.7 Å². The number of carbonyl (C=O) groups is 1. The summed E-state index contributed by atoms with van der Waals surface area (Å²) in [5.41, 5.74) is -0.321. The molecular weight excluding hydrogens is 314 g/mol. The lowest BCUT2D eigenvalue weighted by Gasteiger charge is -2.28. The molecule has 0 aromatic carbocycles. The zero-order valence-electron chi connectivity index (χ0n) is 13.5. The van der Waals surface area contributed by atoms with Crippen LogP contribution in [0, 0.1) is 11.3 Å². The van der Waals surface area contributed by atoms with Gasteiger partial charge in [0.05, 0.1) is 17.6 Å². The van der Waals surface area contributed by atoms with E-state index in [1.165, 1.54) is 0 Å². The van der Waals surface area contributed by atoms with Crippen LogP contribution in [0.25, 0.3) is 0 Å². The van der Waals surface area contributed by atoms with E-state index in [-0.39, 0.29) is 24.0 Å². The number of halogens is 1. The molecule has 1 aliphatic heterocycles. The van der Waals surface area contributed by atoms with Crippen LogP contribution in [-0.2, 0) is 4.79 Å². The number of nitriles is 1. The summed E-state index contributed by atoms with van der Waals surface area (Å²) >= 11 is 6.06. The van der Waals surface area contributed by atoms with Gasteiger partial charge in [0.1, 0.15) is 11.9 Å². The van der Waals surface area contributed by atoms with E-state index >= 15 is 0 Å². The fourth-order valence-corrected chi connectivity index (χ4v) is 2.69. The van der Waals surface area contributed by atoms with Crippen LogP contribution >= 0.6 is 11.6 Å². The van der Waals surface area contributed by atoms with Gasteiger partial charge in [-0.05, 0) is 38.8 Å². The molecule has 1 saturated heterocycles. The van der Waals surface area contributed by atoms with Gasteiger partial charge in [-0.25, -0.2) is 4.98 Å². The summed E-state index contributed by atoms with van der Waals surface area (Å²) in [6.45, 7) is 5.44. The van der Waals surface area contributed by atoms with Gasteiger partial charge in [-0.15, -0.1) is 0 Å². The van der Waals surface area contributed by atoms with Crippen LogP contribution in [0.4, 0.5) is 5.82 Å². The van der Waals surface area contributed by atoms with Crippen molar-refractivity contribution in [1.82, 2.24) is 15.2 Å². The quantitative estimate of drug-likeness (QED) is 0.831. The summed E-state index contributed by atoms with van der Waals surface area (Å²) in [5.74, 6) is 0.595. The number of anilines is 1. The molecule has 0 spiro atoms. The molecule has 0 bridgehead atoms. The lowest BCUT2D eigenvalue weighted by atomic mass is 10.1. The number of hydrogen-bond donors (Lipinski definition) is 2. The lowest BCUT2D eigenvalue weighted by Crippen LogP contribution is -2.50. The number of pyridine rings is 1. The molecule has 0 saturated carbocycles. The Morgan fingerprint density at radius 1 is 1.61 bits per heavy atom. The van der Waals surface area contributed by atoms with Gasteiger partial charge in [-0.3, -0.25) is 4.79 Å². The first kappa shape index (κ1) is 17.5. The zero-order valence-corrected chi connectivity index (χ0v) is 14.2. The summed E-state index contributed by atoms with van der Waals surface area (Å²) in [6.07, 6.45) is 3.34. The highest BCUT2D eigenvalue weighted by Crippen LogP contribution is 2.19. The van der Waals surface area contributed by atoms with Crippen LogP contribution < -0.4 is 10.6 Å². The topological polar surface area (TPSA) is 81.1 Å². The number of likely N-dealkylation sites (tertiary alicyclic amines) is 1. The van der Waals surface area contributed by atoms with Crippen molar-refractivity contribution >= 4 is 23.3 Å². The van der Waals surface area contributed by atoms with Crippen molar-refractivity contribution in [1.29, 1.82) is 5.26 Å². The van der Waals surface area contributed by atoms with Crippen molar-refractivity contribution in [2.24, 2.45) is 0 Å². The minimum atomic E-state index is -0.321. The molecule has 6 nitrogen and oxygen atoms in total. The van der Waals surface area contributed by atoms with Crippen LogP contribution in [0.1, 0.15) is 26.7 Å². The van der Waals surface area contributed by atoms with E-state index in [1.807, 2.05) is 13.8 Å². The Hall–Kier alpha value is -1.84. The third kappa shape index (κ3) is 4.81. The van der Waals surface area contributed by atoms with Crippen LogP contribution in [-0.4, -0.2) is 47.0 Å². The lowest BCUT2D eigenvalue weighted by molar-refractivity contribution is -0.130. The molecule has 2 heterocycles. The number of rotatable bonds is 6. The molecule has 1 atom stereocenters. The normalized spacial score (nSPS) is 17.8. The monoisotopic (exact) mass is 335 g/mol. The van der Waals surface area contributed by atoms with Crippen LogP contribution in [0.5, 0.6) is 0 Å². The van der Waals surface area contributed by atoms with Crippen molar-refractivity contribution in [3.05, 3.63) is 23.4 Å². The Bertz CT molecular complexity index is 598. The SMILES string of the molecule is CC(C)(CNc1ncccc1Cl)NCC(=O)N1CCCC1C#N. The molecule has 0 aliphatic carbocycles. The van der Waals surface area contributed by atoms with Gasteiger partial charge in [0.2, 0.25) is 5.91 Å². The molecule has 1 unspecified atom stereocenters. The Morgan fingerprint density at radius 3 is 3.09 bits per heavy atom. The standard InChI is InChI=1S/C16H22ClN5O/c1-16(2,11-20-15-13(17)6-3-7-19-15)21-10-14(23)22-8-4-5-12(22)9-18/h3,6-7,12,21H,4-5,8,10-11H2,1-2H3,(H,19,20). The predicted molar refractivity (Wildman–Crippen MR) is 90.2 cm³/mol. The number of nitrogens with one attached hydrogen (secondary N) is 2. The Balaban J connectivity index is 1.83. The third-order valence-corrected chi connectivity index (χ3v) is 4.20. The van der Waals surface area contributed by atoms with Gasteiger partial charge in [0.15, 0.2) is 0 Å². The van der Waals surface area contributed by atoms with Crippen LogP contribution in [0.3, 0.4) is 0 Å². The Labute approximate surface area is 141 Å². The summed E-state index contributed by atoms with van der Waals surface area (Å²) in [5, 5.41) is 16.0. The maximum absolute atomic E-state index is 12.2. The third-order valence-electron chi connectivity index (χ3n) is 3.90. The average Bonchev–Trinajstić information content (AvgIpc) is 3.01. The van der Waals surface area contributed by atoms with Gasteiger partial charge in [-0.2, -0.15) is 5.26 Å². The molecule has 7 heteroatoms. The maximum Gasteiger partial charge on any atom is 0.237 e. The van der Waals surface area contributed by atoms with Crippen molar-refractivity contribution in [2.45, 2.75) is 38.3 Å². The van der Waals surface area contributed by atoms with E-state index in [4.69, 9.17) is 16.9 Å². The first-order chi connectivity index (χ1) is 10.9. The van der Waals surface area contributed by atoms with Crippen molar-refractivity contribution in [2.75, 3.05) is 25.0 Å². The largest absolute Gasteiger partial charge is 0.367 e. The van der Waals surface area contributed by atoms with Crippen molar-refractivity contribution in [3.8, 4) is 6.07 Å². The van der Waals surface area contributed by atoms with E-state index in [0.717, 1.165) is 12.8 Å². The van der Waals surface area contributed by atoms with Gasteiger partial charge in [0.25, 0.3) is 0 Å². The number of carbonyl (C=O) groups excluding carboxylic acids is 1. The number of amides is 1. The minimum Gasteiger partial charge on any atom is -0.367 e. The highest BCUT2D eigenvalue weighted by molar-refractivity contribution is 6.32. The average molecular weight is 336 g/mol. The smallest absolute Gasteiger partial charge is 0.237 e. The van der Waals surface area contributed by atoms with Gasteiger partial charge < -0.3 is 15.5 Å².